The Bertz CT molecular complexity index is 731. The van der Waals surface area contributed by atoms with E-state index in [-0.39, 0.29) is 17.4 Å². The minimum atomic E-state index is -0.165. The van der Waals surface area contributed by atoms with E-state index in [1.165, 1.54) is 0 Å². The Morgan fingerprint density at radius 2 is 1.96 bits per heavy atom. The Morgan fingerprint density at radius 3 is 2.60 bits per heavy atom. The third-order valence-corrected chi connectivity index (χ3v) is 4.35. The van der Waals surface area contributed by atoms with Crippen molar-refractivity contribution in [3.63, 3.8) is 0 Å². The molecule has 1 aliphatic heterocycles. The third kappa shape index (κ3) is 3.88. The van der Waals surface area contributed by atoms with Crippen molar-refractivity contribution in [3.8, 4) is 0 Å². The van der Waals surface area contributed by atoms with E-state index in [9.17, 15) is 4.79 Å². The fraction of sp³-hybridized carbons (Fsp3) is 0.706. The van der Waals surface area contributed by atoms with Gasteiger partial charge in [0.2, 0.25) is 17.7 Å². The van der Waals surface area contributed by atoms with Crippen LogP contribution in [0.1, 0.15) is 76.4 Å². The van der Waals surface area contributed by atoms with E-state index in [0.717, 1.165) is 19.4 Å². The summed E-state index contributed by atoms with van der Waals surface area (Å²) in [4.78, 5) is 23.2. The van der Waals surface area contributed by atoms with Crippen LogP contribution in [0.4, 0.5) is 0 Å². The number of rotatable bonds is 5. The molecule has 0 saturated carbocycles. The van der Waals surface area contributed by atoms with Crippen molar-refractivity contribution >= 4 is 5.91 Å². The summed E-state index contributed by atoms with van der Waals surface area (Å²) in [5.41, 5.74) is -0.165. The van der Waals surface area contributed by atoms with Gasteiger partial charge < -0.3 is 13.9 Å². The van der Waals surface area contributed by atoms with Crippen molar-refractivity contribution in [1.29, 1.82) is 0 Å². The van der Waals surface area contributed by atoms with Crippen LogP contribution in [0.5, 0.6) is 0 Å². The topological polar surface area (TPSA) is 98.2 Å². The molecule has 3 heterocycles. The molecule has 2 aromatic heterocycles. The molecule has 1 aliphatic rings. The lowest BCUT2D eigenvalue weighted by molar-refractivity contribution is -0.132. The summed E-state index contributed by atoms with van der Waals surface area (Å²) < 4.78 is 10.4. The fourth-order valence-corrected chi connectivity index (χ4v) is 2.90. The van der Waals surface area contributed by atoms with Gasteiger partial charge in [0.05, 0.1) is 6.04 Å². The molecule has 0 bridgehead atoms. The molecule has 8 nitrogen and oxygen atoms in total. The van der Waals surface area contributed by atoms with Crippen molar-refractivity contribution in [2.75, 3.05) is 6.54 Å². The second kappa shape index (κ2) is 6.93. The first-order valence-corrected chi connectivity index (χ1v) is 8.83. The maximum absolute atomic E-state index is 12.6. The average molecular weight is 347 g/mol. The molecule has 136 valence electrons. The largest absolute Gasteiger partial charge is 0.339 e. The van der Waals surface area contributed by atoms with Crippen LogP contribution in [0.2, 0.25) is 0 Å². The zero-order valence-electron chi connectivity index (χ0n) is 15.3. The standard InChI is InChI=1S/C17H25N5O3/c1-5-12-18-15(20-24-12)11-7-6-10-22(11)14(23)9-8-13-19-16(21-25-13)17(2,3)4/h11H,5-10H2,1-4H3/t11-/m0/s1. The summed E-state index contributed by atoms with van der Waals surface area (Å²) in [7, 11) is 0. The normalized spacial score (nSPS) is 18.1. The molecule has 0 N–H and O–H groups in total. The smallest absolute Gasteiger partial charge is 0.227 e. The second-order valence-corrected chi connectivity index (χ2v) is 7.41. The second-order valence-electron chi connectivity index (χ2n) is 7.41. The van der Waals surface area contributed by atoms with Gasteiger partial charge in [-0.2, -0.15) is 9.97 Å². The summed E-state index contributed by atoms with van der Waals surface area (Å²) in [6.45, 7) is 8.76. The van der Waals surface area contributed by atoms with E-state index in [2.05, 4.69) is 20.3 Å². The Balaban J connectivity index is 1.61. The number of carbonyl (C=O) groups excluding carboxylic acids is 1. The molecule has 3 rings (SSSR count). The van der Waals surface area contributed by atoms with Gasteiger partial charge in [-0.05, 0) is 12.8 Å². The molecule has 1 amide bonds. The van der Waals surface area contributed by atoms with Crippen molar-refractivity contribution in [2.45, 2.75) is 71.3 Å². The predicted molar refractivity (Wildman–Crippen MR) is 88.7 cm³/mol. The number of hydrogen-bond acceptors (Lipinski definition) is 7. The quantitative estimate of drug-likeness (QED) is 0.820. The molecular formula is C17H25N5O3. The predicted octanol–water partition coefficient (Wildman–Crippen LogP) is 2.61. The van der Waals surface area contributed by atoms with E-state index in [4.69, 9.17) is 9.05 Å². The van der Waals surface area contributed by atoms with Crippen molar-refractivity contribution in [1.82, 2.24) is 25.2 Å². The van der Waals surface area contributed by atoms with Gasteiger partial charge in [0, 0.05) is 31.2 Å². The maximum Gasteiger partial charge on any atom is 0.227 e. The zero-order chi connectivity index (χ0) is 18.0. The lowest BCUT2D eigenvalue weighted by atomic mass is 9.96. The molecule has 1 saturated heterocycles. The van der Waals surface area contributed by atoms with Crippen LogP contribution in [-0.4, -0.2) is 37.6 Å². The summed E-state index contributed by atoms with van der Waals surface area (Å²) >= 11 is 0. The van der Waals surface area contributed by atoms with Crippen LogP contribution in [0, 0.1) is 0 Å². The zero-order valence-corrected chi connectivity index (χ0v) is 15.3. The Hall–Kier alpha value is -2.25. The molecule has 0 spiro atoms. The number of hydrogen-bond donors (Lipinski definition) is 0. The summed E-state index contributed by atoms with van der Waals surface area (Å²) in [5.74, 6) is 2.43. The van der Waals surface area contributed by atoms with Crippen molar-refractivity contribution in [2.24, 2.45) is 0 Å². The number of nitrogens with zero attached hydrogens (tertiary/aromatic N) is 5. The molecule has 2 aromatic rings. The lowest BCUT2D eigenvalue weighted by Gasteiger charge is -2.21. The van der Waals surface area contributed by atoms with Gasteiger partial charge >= 0.3 is 0 Å². The first kappa shape index (κ1) is 17.6. The summed E-state index contributed by atoms with van der Waals surface area (Å²) in [6.07, 6.45) is 3.28. The van der Waals surface area contributed by atoms with Gasteiger partial charge in [-0.15, -0.1) is 0 Å². The summed E-state index contributed by atoms with van der Waals surface area (Å²) in [5, 5.41) is 8.02. The SMILES string of the molecule is CCc1nc([C@@H]2CCCN2C(=O)CCc2nc(C(C)(C)C)no2)no1. The number of amides is 1. The molecule has 25 heavy (non-hydrogen) atoms. The van der Waals surface area contributed by atoms with E-state index >= 15 is 0 Å². The van der Waals surface area contributed by atoms with Gasteiger partial charge in [-0.25, -0.2) is 0 Å². The molecule has 0 aliphatic carbocycles. The fourth-order valence-electron chi connectivity index (χ4n) is 2.90. The van der Waals surface area contributed by atoms with E-state index in [1.807, 2.05) is 32.6 Å². The third-order valence-electron chi connectivity index (χ3n) is 4.35. The van der Waals surface area contributed by atoms with E-state index in [0.29, 0.717) is 42.7 Å². The maximum atomic E-state index is 12.6. The van der Waals surface area contributed by atoms with Crippen LogP contribution >= 0.6 is 0 Å². The van der Waals surface area contributed by atoms with Crippen LogP contribution in [0.25, 0.3) is 0 Å². The highest BCUT2D eigenvalue weighted by molar-refractivity contribution is 5.77. The van der Waals surface area contributed by atoms with E-state index in [1.54, 1.807) is 0 Å². The Kier molecular flexibility index (Phi) is 4.87. The van der Waals surface area contributed by atoms with Crippen LogP contribution < -0.4 is 0 Å². The number of aryl methyl sites for hydroxylation is 2. The molecule has 8 heteroatoms. The highest BCUT2D eigenvalue weighted by Gasteiger charge is 2.33. The molecule has 1 atom stereocenters. The van der Waals surface area contributed by atoms with E-state index < -0.39 is 0 Å². The monoisotopic (exact) mass is 347 g/mol. The molecule has 0 radical (unpaired) electrons. The minimum absolute atomic E-state index is 0.0563. The van der Waals surface area contributed by atoms with Gasteiger partial charge in [-0.3, -0.25) is 4.79 Å². The number of likely N-dealkylation sites (tertiary alicyclic amines) is 1. The molecule has 1 fully saturated rings. The van der Waals surface area contributed by atoms with Gasteiger partial charge in [-0.1, -0.05) is 38.0 Å². The van der Waals surface area contributed by atoms with Gasteiger partial charge in [0.1, 0.15) is 0 Å². The first-order chi connectivity index (χ1) is 11.9. The number of carbonyl (C=O) groups is 1. The van der Waals surface area contributed by atoms with Crippen LogP contribution in [0.15, 0.2) is 9.05 Å². The van der Waals surface area contributed by atoms with Gasteiger partial charge in [0.15, 0.2) is 11.6 Å². The highest BCUT2D eigenvalue weighted by atomic mass is 16.5. The van der Waals surface area contributed by atoms with Crippen LogP contribution in [-0.2, 0) is 23.1 Å². The minimum Gasteiger partial charge on any atom is -0.339 e. The molecule has 0 unspecified atom stereocenters. The first-order valence-electron chi connectivity index (χ1n) is 8.83. The molecular weight excluding hydrogens is 322 g/mol. The lowest BCUT2D eigenvalue weighted by Crippen LogP contribution is -2.31. The van der Waals surface area contributed by atoms with Crippen LogP contribution in [0.3, 0.4) is 0 Å². The number of aromatic nitrogens is 4. The highest BCUT2D eigenvalue weighted by Crippen LogP contribution is 2.31. The summed E-state index contributed by atoms with van der Waals surface area (Å²) in [6, 6.07) is -0.0932. The Labute approximate surface area is 147 Å². The van der Waals surface area contributed by atoms with Crippen molar-refractivity contribution in [3.05, 3.63) is 23.4 Å². The average Bonchev–Trinajstić information content (AvgIpc) is 3.30. The van der Waals surface area contributed by atoms with Crippen molar-refractivity contribution < 1.29 is 13.8 Å². The Morgan fingerprint density at radius 1 is 1.20 bits per heavy atom. The molecule has 0 aromatic carbocycles. The van der Waals surface area contributed by atoms with Gasteiger partial charge in [0.25, 0.3) is 0 Å².